The fraction of sp³-hybridized carbons (Fsp3) is 0.833. The molecule has 0 fully saturated rings. The minimum atomic E-state index is -4.18. The molecule has 0 saturated carbocycles. The lowest BCUT2D eigenvalue weighted by atomic mass is 9.87. The highest BCUT2D eigenvalue weighted by atomic mass is 31.2. The van der Waals surface area contributed by atoms with Crippen LogP contribution in [0, 0.1) is 5.41 Å². The van der Waals surface area contributed by atoms with Gasteiger partial charge in [-0.1, -0.05) is 13.8 Å². The minimum absolute atomic E-state index is 0.0786. The van der Waals surface area contributed by atoms with Gasteiger partial charge in [0, 0.05) is 32.0 Å². The number of rotatable bonds is 10. The summed E-state index contributed by atoms with van der Waals surface area (Å²) in [4.78, 5) is 32.2. The summed E-state index contributed by atoms with van der Waals surface area (Å²) in [6.45, 7) is 4.99. The molecule has 0 aromatic carbocycles. The van der Waals surface area contributed by atoms with Crippen molar-refractivity contribution in [2.45, 2.75) is 33.3 Å². The molecule has 2 atom stereocenters. The Bertz CT molecular complexity index is 428. The maximum atomic E-state index is 11.8. The Balaban J connectivity index is 4.35. The van der Waals surface area contributed by atoms with Gasteiger partial charge in [-0.15, -0.1) is 0 Å². The Labute approximate surface area is 130 Å². The molecule has 2 amide bonds. The lowest BCUT2D eigenvalue weighted by molar-refractivity contribution is -0.137. The second-order valence-electron chi connectivity index (χ2n) is 5.31. The first-order chi connectivity index (χ1) is 10.1. The third-order valence-electron chi connectivity index (χ3n) is 2.84. The van der Waals surface area contributed by atoms with Gasteiger partial charge >= 0.3 is 7.82 Å². The Hall–Kier alpha value is -0.990. The highest BCUT2D eigenvalue weighted by Crippen LogP contribution is 2.43. The minimum Gasteiger partial charge on any atom is -0.383 e. The highest BCUT2D eigenvalue weighted by Gasteiger charge is 2.36. The largest absolute Gasteiger partial charge is 0.471 e. The number of nitrogens with one attached hydrogen (secondary N) is 2. The van der Waals surface area contributed by atoms with E-state index >= 15 is 0 Å². The molecule has 0 radical (unpaired) electrons. The number of phosphoric ester groups is 1. The molecule has 4 N–H and O–H groups in total. The van der Waals surface area contributed by atoms with Crippen LogP contribution in [0.4, 0.5) is 0 Å². The van der Waals surface area contributed by atoms with E-state index in [4.69, 9.17) is 4.89 Å². The first-order valence-corrected chi connectivity index (χ1v) is 8.31. The van der Waals surface area contributed by atoms with Crippen molar-refractivity contribution in [3.05, 3.63) is 0 Å². The summed E-state index contributed by atoms with van der Waals surface area (Å²) < 4.78 is 20.1. The molecule has 1 unspecified atom stereocenters. The van der Waals surface area contributed by atoms with E-state index in [0.29, 0.717) is 6.54 Å². The molecular weight excluding hydrogens is 315 g/mol. The van der Waals surface area contributed by atoms with Crippen LogP contribution in [-0.4, -0.2) is 54.7 Å². The Morgan fingerprint density at radius 2 is 1.91 bits per heavy atom. The van der Waals surface area contributed by atoms with Crippen LogP contribution in [-0.2, 0) is 23.2 Å². The molecule has 0 saturated heterocycles. The van der Waals surface area contributed by atoms with Gasteiger partial charge in [0.15, 0.2) is 0 Å². The summed E-state index contributed by atoms with van der Waals surface area (Å²) in [7, 11) is -3.17. The number of aliphatic hydroxyl groups excluding tert-OH is 1. The molecule has 9 nitrogen and oxygen atoms in total. The van der Waals surface area contributed by atoms with Gasteiger partial charge in [0.2, 0.25) is 11.8 Å². The van der Waals surface area contributed by atoms with Crippen molar-refractivity contribution >= 4 is 19.6 Å². The van der Waals surface area contributed by atoms with Gasteiger partial charge in [-0.2, -0.15) is 0 Å². The molecule has 0 rings (SSSR count). The maximum Gasteiger partial charge on any atom is 0.471 e. The first kappa shape index (κ1) is 21.0. The van der Waals surface area contributed by atoms with Crippen LogP contribution in [0.1, 0.15) is 27.2 Å². The van der Waals surface area contributed by atoms with Gasteiger partial charge in [0.25, 0.3) is 0 Å². The third-order valence-corrected chi connectivity index (χ3v) is 3.76. The molecule has 22 heavy (non-hydrogen) atoms. The Kier molecular flexibility index (Phi) is 8.80. The van der Waals surface area contributed by atoms with Crippen LogP contribution in [0.5, 0.6) is 0 Å². The standard InChI is InChI=1S/C12H25N2O7P/c1-5-13-9(15)6-7-14-11(17)10(16)12(2,3)8-21-22(18,19)20-4/h10,16H,5-8H2,1-4H3,(H,13,15)(H,14,17)(H,18,19)/t10-/m1/s1. The van der Waals surface area contributed by atoms with E-state index in [1.165, 1.54) is 13.8 Å². The lowest BCUT2D eigenvalue weighted by Crippen LogP contribution is -2.46. The molecule has 130 valence electrons. The lowest BCUT2D eigenvalue weighted by Gasteiger charge is -2.29. The number of carbonyl (C=O) groups is 2. The van der Waals surface area contributed by atoms with Crippen LogP contribution >= 0.6 is 7.82 Å². The molecule has 10 heteroatoms. The zero-order valence-corrected chi connectivity index (χ0v) is 14.2. The highest BCUT2D eigenvalue weighted by molar-refractivity contribution is 7.47. The summed E-state index contributed by atoms with van der Waals surface area (Å²) in [6.07, 6.45) is -1.38. The molecule has 0 aliphatic rings. The Morgan fingerprint density at radius 1 is 1.32 bits per heavy atom. The summed E-state index contributed by atoms with van der Waals surface area (Å²) in [5.74, 6) is -0.899. The third kappa shape index (κ3) is 7.86. The van der Waals surface area contributed by atoms with Crippen molar-refractivity contribution in [1.82, 2.24) is 10.6 Å². The smallest absolute Gasteiger partial charge is 0.383 e. The number of carbonyl (C=O) groups excluding carboxylic acids is 2. The van der Waals surface area contributed by atoms with Crippen molar-refractivity contribution < 1.29 is 33.2 Å². The van der Waals surface area contributed by atoms with Gasteiger partial charge in [-0.05, 0) is 6.92 Å². The molecule has 0 aromatic heterocycles. The molecule has 0 aliphatic heterocycles. The second-order valence-corrected chi connectivity index (χ2v) is 6.87. The Morgan fingerprint density at radius 3 is 2.41 bits per heavy atom. The van der Waals surface area contributed by atoms with E-state index in [2.05, 4.69) is 19.7 Å². The first-order valence-electron chi connectivity index (χ1n) is 6.81. The van der Waals surface area contributed by atoms with Gasteiger partial charge in [0.1, 0.15) is 6.10 Å². The van der Waals surface area contributed by atoms with E-state index in [9.17, 15) is 19.3 Å². The van der Waals surface area contributed by atoms with Crippen molar-refractivity contribution in [2.75, 3.05) is 26.8 Å². The number of hydrogen-bond acceptors (Lipinski definition) is 6. The van der Waals surface area contributed by atoms with Crippen LogP contribution in [0.25, 0.3) is 0 Å². The zero-order valence-electron chi connectivity index (χ0n) is 13.3. The number of phosphoric acid groups is 1. The van der Waals surface area contributed by atoms with Gasteiger partial charge in [-0.25, -0.2) is 4.57 Å². The molecule has 0 aromatic rings. The number of amides is 2. The average molecular weight is 340 g/mol. The topological polar surface area (TPSA) is 134 Å². The normalized spacial score (nSPS) is 15.7. The van der Waals surface area contributed by atoms with Gasteiger partial charge in [-0.3, -0.25) is 18.6 Å². The van der Waals surface area contributed by atoms with Crippen molar-refractivity contribution in [3.63, 3.8) is 0 Å². The molecule has 0 bridgehead atoms. The molecule has 0 heterocycles. The second kappa shape index (κ2) is 9.22. The van der Waals surface area contributed by atoms with E-state index in [-0.39, 0.29) is 25.5 Å². The van der Waals surface area contributed by atoms with E-state index in [1.54, 1.807) is 6.92 Å². The monoisotopic (exact) mass is 340 g/mol. The van der Waals surface area contributed by atoms with Crippen molar-refractivity contribution in [3.8, 4) is 0 Å². The number of aliphatic hydroxyl groups is 1. The fourth-order valence-corrected chi connectivity index (χ4v) is 2.02. The van der Waals surface area contributed by atoms with Crippen molar-refractivity contribution in [1.29, 1.82) is 0 Å². The molecule has 0 aliphatic carbocycles. The predicted octanol–water partition coefficient (Wildman–Crippen LogP) is -0.221. The summed E-state index contributed by atoms with van der Waals surface area (Å²) in [5, 5.41) is 15.0. The summed E-state index contributed by atoms with van der Waals surface area (Å²) in [5.41, 5.74) is -1.12. The fourth-order valence-electron chi connectivity index (χ4n) is 1.42. The van der Waals surface area contributed by atoms with Crippen molar-refractivity contribution in [2.24, 2.45) is 5.41 Å². The van der Waals surface area contributed by atoms with Crippen LogP contribution < -0.4 is 10.6 Å². The SMILES string of the molecule is CCNC(=O)CCNC(=O)[C@@H](O)C(C)(C)COP(=O)(O)OC. The van der Waals surface area contributed by atoms with Crippen LogP contribution in [0.2, 0.25) is 0 Å². The predicted molar refractivity (Wildman–Crippen MR) is 78.9 cm³/mol. The van der Waals surface area contributed by atoms with E-state index in [1.807, 2.05) is 0 Å². The van der Waals surface area contributed by atoms with Gasteiger partial charge < -0.3 is 20.6 Å². The van der Waals surface area contributed by atoms with Crippen LogP contribution in [0.3, 0.4) is 0 Å². The van der Waals surface area contributed by atoms with E-state index < -0.39 is 25.2 Å². The molecular formula is C12H25N2O7P. The molecule has 0 spiro atoms. The summed E-state index contributed by atoms with van der Waals surface area (Å²) >= 11 is 0. The number of hydrogen-bond donors (Lipinski definition) is 4. The summed E-state index contributed by atoms with van der Waals surface area (Å²) in [6, 6.07) is 0. The zero-order chi connectivity index (χ0) is 17.4. The van der Waals surface area contributed by atoms with Gasteiger partial charge in [0.05, 0.1) is 6.61 Å². The quantitative estimate of drug-likeness (QED) is 0.404. The van der Waals surface area contributed by atoms with E-state index in [0.717, 1.165) is 7.11 Å². The average Bonchev–Trinajstić information content (AvgIpc) is 2.44. The van der Waals surface area contributed by atoms with Crippen LogP contribution in [0.15, 0.2) is 0 Å². The maximum absolute atomic E-state index is 11.8.